The molecule has 3 rings (SSSR count). The highest BCUT2D eigenvalue weighted by Crippen LogP contribution is 2.35. The van der Waals surface area contributed by atoms with E-state index >= 15 is 0 Å². The van der Waals surface area contributed by atoms with Crippen LogP contribution < -0.4 is 0 Å². The molecule has 0 aliphatic carbocycles. The maximum atomic E-state index is 13.2. The third kappa shape index (κ3) is 3.42. The monoisotopic (exact) mass is 339 g/mol. The molecule has 0 fully saturated rings. The number of nitrogens with one attached hydrogen (secondary N) is 1. The third-order valence-electron chi connectivity index (χ3n) is 3.95. The van der Waals surface area contributed by atoms with E-state index in [2.05, 4.69) is 36.0 Å². The van der Waals surface area contributed by atoms with Crippen molar-refractivity contribution in [2.75, 3.05) is 0 Å². The van der Waals surface area contributed by atoms with E-state index in [0.717, 1.165) is 5.56 Å². The zero-order chi connectivity index (χ0) is 18.2. The average Bonchev–Trinajstić information content (AvgIpc) is 2.86. The second-order valence-electron chi connectivity index (χ2n) is 6.84. The number of fused-ring (bicyclic) bond motifs is 1. The topological polar surface area (TPSA) is 77.8 Å². The molecule has 1 aromatic heterocycles. The van der Waals surface area contributed by atoms with E-state index in [0.29, 0.717) is 16.5 Å². The summed E-state index contributed by atoms with van der Waals surface area (Å²) in [6.45, 7) is 6.27. The summed E-state index contributed by atoms with van der Waals surface area (Å²) in [4.78, 5) is 14.8. The molecule has 0 saturated heterocycles. The van der Waals surface area contributed by atoms with Gasteiger partial charge in [0.25, 0.3) is 5.91 Å². The predicted molar refractivity (Wildman–Crippen MR) is 93.9 cm³/mol. The van der Waals surface area contributed by atoms with Crippen LogP contribution >= 0.6 is 0 Å². The number of aromatic hydroxyl groups is 1. The Morgan fingerprint density at radius 1 is 1.12 bits per heavy atom. The summed E-state index contributed by atoms with van der Waals surface area (Å²) in [5.74, 6) is -1.22. The Labute approximate surface area is 144 Å². The second kappa shape index (κ2) is 6.12. The number of nitrogens with zero attached hydrogens (tertiary/aromatic N) is 2. The lowest BCUT2D eigenvalue weighted by Gasteiger charge is -2.18. The SMILES string of the molecule is CC(C)(C)c1ccc(C(=O)N=Nc2c(O)[nH]c3cc(F)ccc23)cc1. The number of carbonyl (C=O) groups is 1. The highest BCUT2D eigenvalue weighted by molar-refractivity contribution is 5.97. The molecule has 0 radical (unpaired) electrons. The van der Waals surface area contributed by atoms with Gasteiger partial charge in [0.05, 0.1) is 5.52 Å². The van der Waals surface area contributed by atoms with Crippen LogP contribution in [-0.2, 0) is 5.41 Å². The van der Waals surface area contributed by atoms with Gasteiger partial charge in [0.1, 0.15) is 5.82 Å². The number of benzene rings is 2. The largest absolute Gasteiger partial charge is 0.493 e. The molecule has 0 aliphatic heterocycles. The molecule has 0 spiro atoms. The number of halogens is 1. The van der Waals surface area contributed by atoms with Gasteiger partial charge in [-0.05, 0) is 41.3 Å². The predicted octanol–water partition coefficient (Wildman–Crippen LogP) is 5.23. The Balaban J connectivity index is 1.87. The Hall–Kier alpha value is -3.02. The number of rotatable bonds is 2. The fraction of sp³-hybridized carbons (Fsp3) is 0.211. The summed E-state index contributed by atoms with van der Waals surface area (Å²) in [5.41, 5.74) is 2.00. The van der Waals surface area contributed by atoms with Crippen LogP contribution in [0, 0.1) is 5.82 Å². The van der Waals surface area contributed by atoms with Gasteiger partial charge in [0.15, 0.2) is 5.69 Å². The Morgan fingerprint density at radius 3 is 2.44 bits per heavy atom. The Kier molecular flexibility index (Phi) is 4.12. The number of amides is 1. The molecule has 0 saturated carbocycles. The van der Waals surface area contributed by atoms with Crippen molar-refractivity contribution in [1.82, 2.24) is 4.98 Å². The van der Waals surface area contributed by atoms with E-state index in [9.17, 15) is 14.3 Å². The minimum absolute atomic E-state index is 0.00576. The first-order valence-electron chi connectivity index (χ1n) is 7.82. The van der Waals surface area contributed by atoms with Crippen molar-refractivity contribution in [3.8, 4) is 5.88 Å². The number of aromatic nitrogens is 1. The van der Waals surface area contributed by atoms with E-state index in [1.165, 1.54) is 18.2 Å². The summed E-state index contributed by atoms with van der Waals surface area (Å²) in [5, 5.41) is 17.9. The number of carbonyl (C=O) groups excluding carboxylic acids is 1. The minimum Gasteiger partial charge on any atom is -0.493 e. The van der Waals surface area contributed by atoms with E-state index in [1.807, 2.05) is 12.1 Å². The maximum Gasteiger partial charge on any atom is 0.295 e. The summed E-state index contributed by atoms with van der Waals surface area (Å²) in [7, 11) is 0. The summed E-state index contributed by atoms with van der Waals surface area (Å²) in [6, 6.07) is 11.1. The standard InChI is InChI=1S/C19H18FN3O2/c1-19(2,3)12-6-4-11(5-7-12)17(24)23-22-16-14-9-8-13(20)10-15(14)21-18(16)25/h4-10,21,25H,1-3H3. The second-order valence-corrected chi connectivity index (χ2v) is 6.84. The third-order valence-corrected chi connectivity index (χ3v) is 3.95. The van der Waals surface area contributed by atoms with Gasteiger partial charge in [-0.15, -0.1) is 10.2 Å². The molecule has 25 heavy (non-hydrogen) atoms. The molecule has 3 aromatic rings. The molecule has 0 unspecified atom stereocenters. The van der Waals surface area contributed by atoms with E-state index in [1.54, 1.807) is 12.1 Å². The molecule has 0 bridgehead atoms. The molecular formula is C19H18FN3O2. The highest BCUT2D eigenvalue weighted by Gasteiger charge is 2.15. The van der Waals surface area contributed by atoms with Crippen LogP contribution in [0.3, 0.4) is 0 Å². The average molecular weight is 339 g/mol. The van der Waals surface area contributed by atoms with E-state index in [-0.39, 0.29) is 17.0 Å². The van der Waals surface area contributed by atoms with E-state index < -0.39 is 11.7 Å². The fourth-order valence-electron chi connectivity index (χ4n) is 2.51. The fourth-order valence-corrected chi connectivity index (χ4v) is 2.51. The summed E-state index contributed by atoms with van der Waals surface area (Å²) < 4.78 is 13.2. The first-order valence-corrected chi connectivity index (χ1v) is 7.82. The van der Waals surface area contributed by atoms with Crippen molar-refractivity contribution in [3.05, 3.63) is 59.4 Å². The minimum atomic E-state index is -0.517. The first kappa shape index (κ1) is 16.8. The van der Waals surface area contributed by atoms with Crippen molar-refractivity contribution in [1.29, 1.82) is 0 Å². The quantitative estimate of drug-likeness (QED) is 0.627. The van der Waals surface area contributed by atoms with Crippen molar-refractivity contribution < 1.29 is 14.3 Å². The molecule has 2 aromatic carbocycles. The number of H-pyrrole nitrogens is 1. The molecule has 1 amide bonds. The number of azo groups is 1. The van der Waals surface area contributed by atoms with Gasteiger partial charge in [-0.25, -0.2) is 4.39 Å². The van der Waals surface area contributed by atoms with Gasteiger partial charge >= 0.3 is 0 Å². The van der Waals surface area contributed by atoms with Gasteiger partial charge < -0.3 is 10.1 Å². The van der Waals surface area contributed by atoms with Crippen molar-refractivity contribution in [2.24, 2.45) is 10.2 Å². The maximum absolute atomic E-state index is 13.2. The summed E-state index contributed by atoms with van der Waals surface area (Å²) in [6.07, 6.45) is 0. The lowest BCUT2D eigenvalue weighted by molar-refractivity contribution is 0.0995. The molecule has 5 nitrogen and oxygen atoms in total. The lowest BCUT2D eigenvalue weighted by Crippen LogP contribution is -2.11. The van der Waals surface area contributed by atoms with Crippen LogP contribution in [0.1, 0.15) is 36.7 Å². The van der Waals surface area contributed by atoms with Crippen LogP contribution in [0.25, 0.3) is 10.9 Å². The number of aromatic amines is 1. The van der Waals surface area contributed by atoms with Crippen LogP contribution in [0.15, 0.2) is 52.7 Å². The normalized spacial score (nSPS) is 12.2. The smallest absolute Gasteiger partial charge is 0.295 e. The zero-order valence-electron chi connectivity index (χ0n) is 14.2. The molecule has 128 valence electrons. The Bertz CT molecular complexity index is 967. The van der Waals surface area contributed by atoms with Crippen LogP contribution in [0.4, 0.5) is 10.1 Å². The van der Waals surface area contributed by atoms with Crippen LogP contribution in [-0.4, -0.2) is 16.0 Å². The molecular weight excluding hydrogens is 321 g/mol. The molecule has 0 aliphatic rings. The molecule has 0 atom stereocenters. The van der Waals surface area contributed by atoms with Crippen molar-refractivity contribution >= 4 is 22.5 Å². The lowest BCUT2D eigenvalue weighted by atomic mass is 9.87. The van der Waals surface area contributed by atoms with Crippen LogP contribution in [0.5, 0.6) is 5.88 Å². The molecule has 1 heterocycles. The van der Waals surface area contributed by atoms with Gasteiger partial charge in [0.2, 0.25) is 5.88 Å². The van der Waals surface area contributed by atoms with Crippen LogP contribution in [0.2, 0.25) is 0 Å². The van der Waals surface area contributed by atoms with Gasteiger partial charge in [-0.2, -0.15) is 0 Å². The highest BCUT2D eigenvalue weighted by atomic mass is 19.1. The first-order chi connectivity index (χ1) is 11.8. The van der Waals surface area contributed by atoms with E-state index in [4.69, 9.17) is 0 Å². The van der Waals surface area contributed by atoms with Gasteiger partial charge in [0, 0.05) is 10.9 Å². The number of hydrogen-bond donors (Lipinski definition) is 2. The molecule has 6 heteroatoms. The zero-order valence-corrected chi connectivity index (χ0v) is 14.2. The number of hydrogen-bond acceptors (Lipinski definition) is 3. The summed E-state index contributed by atoms with van der Waals surface area (Å²) >= 11 is 0. The Morgan fingerprint density at radius 2 is 1.80 bits per heavy atom. The van der Waals surface area contributed by atoms with Crippen molar-refractivity contribution in [3.63, 3.8) is 0 Å². The van der Waals surface area contributed by atoms with Gasteiger partial charge in [-0.3, -0.25) is 4.79 Å². The van der Waals surface area contributed by atoms with Crippen molar-refractivity contribution in [2.45, 2.75) is 26.2 Å². The molecule has 2 N–H and O–H groups in total. The van der Waals surface area contributed by atoms with Gasteiger partial charge in [-0.1, -0.05) is 32.9 Å².